The van der Waals surface area contributed by atoms with Crippen molar-refractivity contribution in [3.8, 4) is 0 Å². The molecule has 108 valence electrons. The zero-order valence-corrected chi connectivity index (χ0v) is 14.7. The summed E-state index contributed by atoms with van der Waals surface area (Å²) in [6, 6.07) is 1.66. The summed E-state index contributed by atoms with van der Waals surface area (Å²) in [6.07, 6.45) is 4.85. The lowest BCUT2D eigenvalue weighted by atomic mass is 9.84. The van der Waals surface area contributed by atoms with E-state index in [0.29, 0.717) is 10.8 Å². The highest BCUT2D eigenvalue weighted by Gasteiger charge is 2.36. The number of hydrogen-bond acceptors (Lipinski definition) is 3. The Hall–Kier alpha value is 0.380. The second kappa shape index (κ2) is 6.02. The number of nitrogens with one attached hydrogen (secondary N) is 1. The second-order valence-corrected chi connectivity index (χ2v) is 9.60. The fraction of sp³-hybridized carbons (Fsp3) is 0.667. The average molecular weight is 387 g/mol. The minimum atomic E-state index is -3.49. The Labute approximate surface area is 131 Å². The maximum Gasteiger partial charge on any atom is 0.242 e. The van der Waals surface area contributed by atoms with E-state index < -0.39 is 15.6 Å². The van der Waals surface area contributed by atoms with E-state index in [4.69, 9.17) is 11.6 Å². The van der Waals surface area contributed by atoms with Crippen LogP contribution in [0.5, 0.6) is 0 Å². The van der Waals surface area contributed by atoms with Crippen molar-refractivity contribution >= 4 is 48.9 Å². The SMILES string of the molecule is Cc1sc(Br)cc1S(=O)(=O)NC1(CCl)CCCCC1. The Bertz CT molecular complexity index is 550. The Morgan fingerprint density at radius 3 is 2.53 bits per heavy atom. The number of aryl methyl sites for hydroxylation is 1. The van der Waals surface area contributed by atoms with E-state index in [1.807, 2.05) is 6.92 Å². The normalized spacial score (nSPS) is 19.5. The third-order valence-electron chi connectivity index (χ3n) is 3.55. The van der Waals surface area contributed by atoms with Crippen LogP contribution >= 0.6 is 38.9 Å². The number of sulfonamides is 1. The van der Waals surface area contributed by atoms with Crippen LogP contribution in [0.15, 0.2) is 14.7 Å². The van der Waals surface area contributed by atoms with E-state index in [-0.39, 0.29) is 0 Å². The zero-order chi connectivity index (χ0) is 14.1. The molecule has 0 unspecified atom stereocenters. The van der Waals surface area contributed by atoms with Gasteiger partial charge in [0.1, 0.15) is 0 Å². The van der Waals surface area contributed by atoms with Crippen molar-refractivity contribution in [1.29, 1.82) is 0 Å². The highest BCUT2D eigenvalue weighted by Crippen LogP contribution is 2.34. The Balaban J connectivity index is 2.27. The van der Waals surface area contributed by atoms with Crippen LogP contribution in [0.2, 0.25) is 0 Å². The van der Waals surface area contributed by atoms with Crippen molar-refractivity contribution in [3.05, 3.63) is 14.7 Å². The van der Waals surface area contributed by atoms with Crippen molar-refractivity contribution in [2.75, 3.05) is 5.88 Å². The Morgan fingerprint density at radius 2 is 2.05 bits per heavy atom. The molecule has 0 aromatic carbocycles. The van der Waals surface area contributed by atoms with Gasteiger partial charge in [-0.3, -0.25) is 0 Å². The fourth-order valence-corrected chi connectivity index (χ4v) is 6.82. The van der Waals surface area contributed by atoms with Gasteiger partial charge in [-0.05, 0) is 41.8 Å². The van der Waals surface area contributed by atoms with Crippen molar-refractivity contribution in [1.82, 2.24) is 4.72 Å². The lowest BCUT2D eigenvalue weighted by molar-refractivity contribution is 0.298. The molecule has 1 heterocycles. The fourth-order valence-electron chi connectivity index (χ4n) is 2.53. The first kappa shape index (κ1) is 15.8. The van der Waals surface area contributed by atoms with Crippen LogP contribution in [0, 0.1) is 6.92 Å². The van der Waals surface area contributed by atoms with Crippen LogP contribution in [0.25, 0.3) is 0 Å². The molecule has 7 heteroatoms. The maximum atomic E-state index is 12.5. The topological polar surface area (TPSA) is 46.2 Å². The van der Waals surface area contributed by atoms with Gasteiger partial charge in [0.05, 0.1) is 8.68 Å². The number of alkyl halides is 1. The van der Waals surface area contributed by atoms with Crippen LogP contribution in [0.3, 0.4) is 0 Å². The summed E-state index contributed by atoms with van der Waals surface area (Å²) in [5, 5.41) is 0. The summed E-state index contributed by atoms with van der Waals surface area (Å²) in [5.74, 6) is 0.330. The van der Waals surface area contributed by atoms with Gasteiger partial charge in [0, 0.05) is 16.3 Å². The third kappa shape index (κ3) is 3.53. The molecule has 1 aromatic heterocycles. The molecule has 0 aliphatic heterocycles. The molecule has 0 saturated heterocycles. The van der Waals surface area contributed by atoms with Gasteiger partial charge in [0.25, 0.3) is 0 Å². The molecule has 2 rings (SSSR count). The molecule has 1 N–H and O–H groups in total. The van der Waals surface area contributed by atoms with Gasteiger partial charge in [-0.1, -0.05) is 19.3 Å². The van der Waals surface area contributed by atoms with Crippen LogP contribution in [-0.4, -0.2) is 19.8 Å². The predicted octanol–water partition coefficient (Wildman–Crippen LogP) is 4.04. The third-order valence-corrected chi connectivity index (χ3v) is 7.45. The summed E-state index contributed by atoms with van der Waals surface area (Å²) in [4.78, 5) is 1.15. The average Bonchev–Trinajstić information content (AvgIpc) is 2.70. The smallest absolute Gasteiger partial charge is 0.207 e. The van der Waals surface area contributed by atoms with Crippen molar-refractivity contribution in [2.45, 2.75) is 49.5 Å². The first-order chi connectivity index (χ1) is 8.88. The van der Waals surface area contributed by atoms with Gasteiger partial charge in [0.2, 0.25) is 10.0 Å². The summed E-state index contributed by atoms with van der Waals surface area (Å²) in [6.45, 7) is 1.82. The minimum Gasteiger partial charge on any atom is -0.207 e. The lowest BCUT2D eigenvalue weighted by Gasteiger charge is -2.35. The molecule has 1 aromatic rings. The monoisotopic (exact) mass is 385 g/mol. The highest BCUT2D eigenvalue weighted by molar-refractivity contribution is 9.11. The van der Waals surface area contributed by atoms with E-state index in [1.165, 1.54) is 11.3 Å². The van der Waals surface area contributed by atoms with Crippen molar-refractivity contribution in [2.24, 2.45) is 0 Å². The van der Waals surface area contributed by atoms with Crippen molar-refractivity contribution < 1.29 is 8.42 Å². The predicted molar refractivity (Wildman–Crippen MR) is 83.6 cm³/mol. The summed E-state index contributed by atoms with van der Waals surface area (Å²) in [5.41, 5.74) is -0.473. The van der Waals surface area contributed by atoms with Gasteiger partial charge in [-0.2, -0.15) is 0 Å². The van der Waals surface area contributed by atoms with Gasteiger partial charge >= 0.3 is 0 Å². The maximum absolute atomic E-state index is 12.5. The van der Waals surface area contributed by atoms with Crippen molar-refractivity contribution in [3.63, 3.8) is 0 Å². The van der Waals surface area contributed by atoms with Crippen LogP contribution in [-0.2, 0) is 10.0 Å². The molecule has 0 radical (unpaired) electrons. The molecule has 0 bridgehead atoms. The van der Waals surface area contributed by atoms with E-state index in [2.05, 4.69) is 20.7 Å². The molecule has 1 aliphatic carbocycles. The van der Waals surface area contributed by atoms with E-state index in [1.54, 1.807) is 6.07 Å². The lowest BCUT2D eigenvalue weighted by Crippen LogP contribution is -2.51. The standard InChI is InChI=1S/C12H17BrClNO2S2/c1-9-10(7-11(13)18-9)19(16,17)15-12(8-14)5-3-2-4-6-12/h7,15H,2-6,8H2,1H3. The Kier molecular flexibility index (Phi) is 4.99. The molecule has 1 aliphatic rings. The van der Waals surface area contributed by atoms with Crippen LogP contribution in [0.1, 0.15) is 37.0 Å². The molecule has 19 heavy (non-hydrogen) atoms. The first-order valence-electron chi connectivity index (χ1n) is 6.24. The summed E-state index contributed by atoms with van der Waals surface area (Å²) in [7, 11) is -3.49. The van der Waals surface area contributed by atoms with Gasteiger partial charge in [0.15, 0.2) is 0 Å². The van der Waals surface area contributed by atoms with Gasteiger partial charge in [-0.15, -0.1) is 22.9 Å². The summed E-state index contributed by atoms with van der Waals surface area (Å²) >= 11 is 10.8. The quantitative estimate of drug-likeness (QED) is 0.794. The molecular weight excluding hydrogens is 370 g/mol. The molecule has 0 atom stereocenters. The first-order valence-corrected chi connectivity index (χ1v) is 9.87. The number of halogens is 2. The molecule has 0 spiro atoms. The minimum absolute atomic E-state index is 0.330. The molecule has 1 saturated carbocycles. The van der Waals surface area contributed by atoms with E-state index in [0.717, 1.165) is 40.8 Å². The summed E-state index contributed by atoms with van der Waals surface area (Å²) < 4.78 is 28.7. The van der Waals surface area contributed by atoms with Gasteiger partial charge < -0.3 is 0 Å². The number of hydrogen-bond donors (Lipinski definition) is 1. The molecule has 0 amide bonds. The largest absolute Gasteiger partial charge is 0.242 e. The zero-order valence-electron chi connectivity index (χ0n) is 10.7. The van der Waals surface area contributed by atoms with Gasteiger partial charge in [-0.25, -0.2) is 13.1 Å². The molecular formula is C12H17BrClNO2S2. The molecule has 1 fully saturated rings. The Morgan fingerprint density at radius 1 is 1.42 bits per heavy atom. The number of rotatable bonds is 4. The number of thiophene rings is 1. The van der Waals surface area contributed by atoms with E-state index >= 15 is 0 Å². The van der Waals surface area contributed by atoms with Crippen LogP contribution in [0.4, 0.5) is 0 Å². The molecule has 3 nitrogen and oxygen atoms in total. The van der Waals surface area contributed by atoms with E-state index in [9.17, 15) is 8.42 Å². The highest BCUT2D eigenvalue weighted by atomic mass is 79.9. The second-order valence-electron chi connectivity index (χ2n) is 5.05. The van der Waals surface area contributed by atoms with Crippen LogP contribution < -0.4 is 4.72 Å².